The quantitative estimate of drug-likeness (QED) is 0.579. The monoisotopic (exact) mass is 326 g/mol. The number of nitrogens with zero attached hydrogens (tertiary/aromatic N) is 1. The van der Waals surface area contributed by atoms with Crippen molar-refractivity contribution in [1.82, 2.24) is 4.98 Å². The summed E-state index contributed by atoms with van der Waals surface area (Å²) in [4.78, 5) is 17.1. The molecule has 23 heavy (non-hydrogen) atoms. The fourth-order valence-electron chi connectivity index (χ4n) is 2.44. The molecule has 114 valence electrons. The average molecular weight is 326 g/mol. The SMILES string of the molecule is Cc1nc2cc(NC(=O)c3cc4cc(F)ccc4s3)ccc2o1. The van der Waals surface area contributed by atoms with E-state index in [4.69, 9.17) is 4.42 Å². The lowest BCUT2D eigenvalue weighted by molar-refractivity contribution is 0.103. The molecule has 0 saturated heterocycles. The summed E-state index contributed by atoms with van der Waals surface area (Å²) in [5, 5.41) is 3.56. The van der Waals surface area contributed by atoms with Gasteiger partial charge in [0.25, 0.3) is 5.91 Å². The zero-order chi connectivity index (χ0) is 16.0. The molecule has 2 aromatic carbocycles. The van der Waals surface area contributed by atoms with Crippen molar-refractivity contribution in [2.45, 2.75) is 6.92 Å². The van der Waals surface area contributed by atoms with Crippen LogP contribution < -0.4 is 5.32 Å². The number of rotatable bonds is 2. The molecule has 0 saturated carbocycles. The molecule has 0 fully saturated rings. The van der Waals surface area contributed by atoms with Crippen LogP contribution in [0.4, 0.5) is 10.1 Å². The van der Waals surface area contributed by atoms with E-state index in [9.17, 15) is 9.18 Å². The standard InChI is InChI=1S/C17H11FN2O2S/c1-9-19-13-8-12(3-4-14(13)22-9)20-17(21)16-7-10-6-11(18)2-5-15(10)23-16/h2-8H,1H3,(H,20,21). The summed E-state index contributed by atoms with van der Waals surface area (Å²) in [5.74, 6) is 0.0373. The maximum Gasteiger partial charge on any atom is 0.265 e. The molecule has 4 rings (SSSR count). The Kier molecular flexibility index (Phi) is 3.12. The number of benzene rings is 2. The van der Waals surface area contributed by atoms with Gasteiger partial charge in [-0.1, -0.05) is 0 Å². The van der Waals surface area contributed by atoms with Gasteiger partial charge in [-0.3, -0.25) is 4.79 Å². The Morgan fingerprint density at radius 1 is 1.22 bits per heavy atom. The van der Waals surface area contributed by atoms with Gasteiger partial charge in [0.15, 0.2) is 11.5 Å². The third-order valence-electron chi connectivity index (χ3n) is 3.45. The second kappa shape index (κ2) is 5.17. The number of thiophene rings is 1. The normalized spacial score (nSPS) is 11.2. The highest BCUT2D eigenvalue weighted by molar-refractivity contribution is 7.20. The van der Waals surface area contributed by atoms with Crippen molar-refractivity contribution >= 4 is 44.1 Å². The minimum atomic E-state index is -0.311. The Hall–Kier alpha value is -2.73. The molecular weight excluding hydrogens is 315 g/mol. The highest BCUT2D eigenvalue weighted by Crippen LogP contribution is 2.27. The maximum atomic E-state index is 13.2. The summed E-state index contributed by atoms with van der Waals surface area (Å²) in [6.07, 6.45) is 0. The van der Waals surface area contributed by atoms with Crippen molar-refractivity contribution in [3.05, 3.63) is 59.0 Å². The molecule has 1 N–H and O–H groups in total. The molecular formula is C17H11FN2O2S. The number of nitrogens with one attached hydrogen (secondary N) is 1. The van der Waals surface area contributed by atoms with Gasteiger partial charge in [-0.25, -0.2) is 9.37 Å². The van der Waals surface area contributed by atoms with Gasteiger partial charge >= 0.3 is 0 Å². The number of halogens is 1. The van der Waals surface area contributed by atoms with Gasteiger partial charge in [0.05, 0.1) is 4.88 Å². The van der Waals surface area contributed by atoms with Crippen LogP contribution in [0.5, 0.6) is 0 Å². The van der Waals surface area contributed by atoms with Gasteiger partial charge in [0.2, 0.25) is 0 Å². The van der Waals surface area contributed by atoms with Crippen molar-refractivity contribution in [2.75, 3.05) is 5.32 Å². The third-order valence-corrected chi connectivity index (χ3v) is 4.57. The molecule has 2 heterocycles. The van der Waals surface area contributed by atoms with Crippen LogP contribution in [0.2, 0.25) is 0 Å². The van der Waals surface area contributed by atoms with Crippen molar-refractivity contribution < 1.29 is 13.6 Å². The van der Waals surface area contributed by atoms with Crippen LogP contribution in [0.15, 0.2) is 46.9 Å². The summed E-state index contributed by atoms with van der Waals surface area (Å²) >= 11 is 1.33. The Morgan fingerprint density at radius 3 is 2.96 bits per heavy atom. The number of oxazole rings is 1. The average Bonchev–Trinajstić information content (AvgIpc) is 3.08. The fraction of sp³-hybridized carbons (Fsp3) is 0.0588. The van der Waals surface area contributed by atoms with E-state index in [1.54, 1.807) is 37.3 Å². The Balaban J connectivity index is 1.64. The highest BCUT2D eigenvalue weighted by Gasteiger charge is 2.12. The van der Waals surface area contributed by atoms with Gasteiger partial charge in [0.1, 0.15) is 11.3 Å². The summed E-state index contributed by atoms with van der Waals surface area (Å²) in [6, 6.07) is 11.5. The van der Waals surface area contributed by atoms with E-state index in [1.807, 2.05) is 0 Å². The number of hydrogen-bond acceptors (Lipinski definition) is 4. The lowest BCUT2D eigenvalue weighted by atomic mass is 10.2. The topological polar surface area (TPSA) is 55.1 Å². The van der Waals surface area contributed by atoms with Gasteiger partial charge in [-0.2, -0.15) is 0 Å². The van der Waals surface area contributed by atoms with Gasteiger partial charge in [-0.15, -0.1) is 11.3 Å². The molecule has 0 radical (unpaired) electrons. The molecule has 0 bridgehead atoms. The molecule has 0 unspecified atom stereocenters. The van der Waals surface area contributed by atoms with E-state index < -0.39 is 0 Å². The van der Waals surface area contributed by atoms with Crippen LogP contribution in [0, 0.1) is 12.7 Å². The molecule has 0 atom stereocenters. The third kappa shape index (κ3) is 2.57. The van der Waals surface area contributed by atoms with Crippen molar-refractivity contribution in [1.29, 1.82) is 0 Å². The van der Waals surface area contributed by atoms with E-state index in [0.717, 1.165) is 10.1 Å². The molecule has 0 aliphatic carbocycles. The molecule has 4 aromatic rings. The smallest absolute Gasteiger partial charge is 0.265 e. The van der Waals surface area contributed by atoms with Gasteiger partial charge in [0, 0.05) is 17.3 Å². The Labute approximate surface area is 134 Å². The van der Waals surface area contributed by atoms with E-state index in [0.29, 0.717) is 27.6 Å². The number of anilines is 1. The first-order valence-corrected chi connectivity index (χ1v) is 7.78. The number of aryl methyl sites for hydroxylation is 1. The van der Waals surface area contributed by atoms with Crippen LogP contribution in [0.1, 0.15) is 15.6 Å². The summed E-state index contributed by atoms with van der Waals surface area (Å²) in [5.41, 5.74) is 2.01. The van der Waals surface area contributed by atoms with E-state index in [2.05, 4.69) is 10.3 Å². The second-order valence-electron chi connectivity index (χ2n) is 5.16. The lowest BCUT2D eigenvalue weighted by Crippen LogP contribution is -2.09. The number of aromatic nitrogens is 1. The first-order chi connectivity index (χ1) is 11.1. The predicted octanol–water partition coefficient (Wildman–Crippen LogP) is 4.74. The zero-order valence-electron chi connectivity index (χ0n) is 12.1. The van der Waals surface area contributed by atoms with Crippen molar-refractivity contribution in [2.24, 2.45) is 0 Å². The largest absolute Gasteiger partial charge is 0.441 e. The maximum absolute atomic E-state index is 13.2. The first-order valence-electron chi connectivity index (χ1n) is 6.96. The lowest BCUT2D eigenvalue weighted by Gasteiger charge is -2.02. The molecule has 4 nitrogen and oxygen atoms in total. The molecule has 1 amide bonds. The molecule has 2 aromatic heterocycles. The second-order valence-corrected chi connectivity index (χ2v) is 6.25. The highest BCUT2D eigenvalue weighted by atomic mass is 32.1. The van der Waals surface area contributed by atoms with Gasteiger partial charge < -0.3 is 9.73 Å². The minimum absolute atomic E-state index is 0.230. The number of fused-ring (bicyclic) bond motifs is 2. The minimum Gasteiger partial charge on any atom is -0.441 e. The predicted molar refractivity (Wildman–Crippen MR) is 88.5 cm³/mol. The van der Waals surface area contributed by atoms with Crippen LogP contribution in [-0.4, -0.2) is 10.9 Å². The summed E-state index contributed by atoms with van der Waals surface area (Å²) in [7, 11) is 0. The molecule has 0 aliphatic rings. The van der Waals surface area contributed by atoms with Crippen LogP contribution in [-0.2, 0) is 0 Å². The molecule has 0 spiro atoms. The number of amides is 1. The van der Waals surface area contributed by atoms with E-state index in [1.165, 1.54) is 23.5 Å². The van der Waals surface area contributed by atoms with E-state index >= 15 is 0 Å². The van der Waals surface area contributed by atoms with Crippen molar-refractivity contribution in [3.63, 3.8) is 0 Å². The van der Waals surface area contributed by atoms with Crippen LogP contribution >= 0.6 is 11.3 Å². The van der Waals surface area contributed by atoms with E-state index in [-0.39, 0.29) is 11.7 Å². The Bertz CT molecular complexity index is 1050. The van der Waals surface area contributed by atoms with Crippen LogP contribution in [0.3, 0.4) is 0 Å². The fourth-order valence-corrected chi connectivity index (χ4v) is 3.38. The van der Waals surface area contributed by atoms with Crippen molar-refractivity contribution in [3.8, 4) is 0 Å². The number of carbonyl (C=O) groups is 1. The van der Waals surface area contributed by atoms with Gasteiger partial charge in [-0.05, 0) is 47.9 Å². The molecule has 6 heteroatoms. The van der Waals surface area contributed by atoms with Crippen LogP contribution in [0.25, 0.3) is 21.2 Å². The first kappa shape index (κ1) is 13.9. The number of carbonyl (C=O) groups excluding carboxylic acids is 1. The summed E-state index contributed by atoms with van der Waals surface area (Å²) in [6.45, 7) is 1.77. The molecule has 0 aliphatic heterocycles. The Morgan fingerprint density at radius 2 is 2.09 bits per heavy atom. The number of hydrogen-bond donors (Lipinski definition) is 1. The summed E-state index contributed by atoms with van der Waals surface area (Å²) < 4.78 is 19.5. The zero-order valence-corrected chi connectivity index (χ0v) is 12.9.